The molecule has 21 heavy (non-hydrogen) atoms. The molecule has 1 fully saturated rings. The van der Waals surface area contributed by atoms with Gasteiger partial charge in [0.15, 0.2) is 5.78 Å². The van der Waals surface area contributed by atoms with Crippen molar-refractivity contribution in [3.05, 3.63) is 70.2 Å². The Hall–Kier alpha value is -1.49. The van der Waals surface area contributed by atoms with Crippen molar-refractivity contribution >= 4 is 21.7 Å². The number of rotatable bonds is 3. The maximum absolute atomic E-state index is 12.9. The van der Waals surface area contributed by atoms with E-state index in [1.807, 2.05) is 61.6 Å². The summed E-state index contributed by atoms with van der Waals surface area (Å²) in [4.78, 5) is 12.9. The van der Waals surface area contributed by atoms with Crippen LogP contribution in [0.25, 0.3) is 0 Å². The van der Waals surface area contributed by atoms with Gasteiger partial charge >= 0.3 is 0 Å². The number of ketones is 1. The fourth-order valence-corrected chi connectivity index (χ4v) is 3.33. The van der Waals surface area contributed by atoms with Gasteiger partial charge in [-0.05, 0) is 30.3 Å². The van der Waals surface area contributed by atoms with Gasteiger partial charge in [0.05, 0.1) is 18.1 Å². The van der Waals surface area contributed by atoms with Gasteiger partial charge in [-0.1, -0.05) is 58.4 Å². The van der Waals surface area contributed by atoms with Gasteiger partial charge in [-0.2, -0.15) is 0 Å². The van der Waals surface area contributed by atoms with Crippen LogP contribution in [0, 0.1) is 0 Å². The fourth-order valence-electron chi connectivity index (χ4n) is 2.91. The van der Waals surface area contributed by atoms with Gasteiger partial charge in [-0.3, -0.25) is 10.1 Å². The number of benzene rings is 2. The number of carbonyl (C=O) groups excluding carboxylic acids is 1. The van der Waals surface area contributed by atoms with Crippen molar-refractivity contribution in [2.24, 2.45) is 0 Å². The zero-order valence-corrected chi connectivity index (χ0v) is 13.3. The molecule has 3 unspecified atom stereocenters. The summed E-state index contributed by atoms with van der Waals surface area (Å²) in [5.41, 5.74) is 2.04. The largest absolute Gasteiger partial charge is 0.304 e. The van der Waals surface area contributed by atoms with E-state index in [1.54, 1.807) is 0 Å². The Bertz CT molecular complexity index is 644. The zero-order chi connectivity index (χ0) is 14.8. The second-order valence-electron chi connectivity index (χ2n) is 5.21. The van der Waals surface area contributed by atoms with Gasteiger partial charge in [0, 0.05) is 4.47 Å². The monoisotopic (exact) mass is 344 g/mol. The normalized spacial score (nSPS) is 25.2. The zero-order valence-electron chi connectivity index (χ0n) is 11.7. The Labute approximate surface area is 132 Å². The number of hydrogen-bond acceptors (Lipinski definition) is 3. The van der Waals surface area contributed by atoms with E-state index in [1.165, 1.54) is 0 Å². The van der Waals surface area contributed by atoms with Crippen LogP contribution in [0.5, 0.6) is 0 Å². The average Bonchev–Trinajstić information content (AvgIpc) is 2.85. The van der Waals surface area contributed by atoms with Crippen LogP contribution >= 0.6 is 15.9 Å². The van der Waals surface area contributed by atoms with Gasteiger partial charge < -0.3 is 5.32 Å². The number of hydrogen-bond donors (Lipinski definition) is 2. The van der Waals surface area contributed by atoms with Crippen molar-refractivity contribution in [3.63, 3.8) is 0 Å². The first kappa shape index (κ1) is 14.4. The quantitative estimate of drug-likeness (QED) is 0.899. The van der Waals surface area contributed by atoms with Gasteiger partial charge in [-0.25, -0.2) is 0 Å². The summed E-state index contributed by atoms with van der Waals surface area (Å²) in [6, 6.07) is 17.6. The third-order valence-electron chi connectivity index (χ3n) is 3.92. The highest BCUT2D eigenvalue weighted by molar-refractivity contribution is 9.10. The lowest BCUT2D eigenvalue weighted by atomic mass is 9.91. The maximum atomic E-state index is 12.9. The molecule has 2 aromatic carbocycles. The third kappa shape index (κ3) is 2.79. The van der Waals surface area contributed by atoms with Crippen LogP contribution in [-0.2, 0) is 4.79 Å². The first-order valence-electron chi connectivity index (χ1n) is 6.98. The molecule has 3 nitrogen and oxygen atoms in total. The summed E-state index contributed by atoms with van der Waals surface area (Å²) in [6.45, 7) is 0. The minimum atomic E-state index is -0.257. The molecule has 4 heteroatoms. The van der Waals surface area contributed by atoms with E-state index < -0.39 is 0 Å². The van der Waals surface area contributed by atoms with Gasteiger partial charge in [0.1, 0.15) is 0 Å². The second kappa shape index (κ2) is 6.10. The van der Waals surface area contributed by atoms with Crippen LogP contribution in [0.3, 0.4) is 0 Å². The lowest BCUT2D eigenvalue weighted by molar-refractivity contribution is -0.120. The molecule has 3 atom stereocenters. The highest BCUT2D eigenvalue weighted by Crippen LogP contribution is 2.34. The van der Waals surface area contributed by atoms with Crippen molar-refractivity contribution in [2.45, 2.75) is 18.1 Å². The van der Waals surface area contributed by atoms with Crippen LogP contribution < -0.4 is 10.6 Å². The first-order chi connectivity index (χ1) is 10.2. The van der Waals surface area contributed by atoms with E-state index in [4.69, 9.17) is 0 Å². The molecule has 0 saturated carbocycles. The average molecular weight is 345 g/mol. The van der Waals surface area contributed by atoms with E-state index in [0.717, 1.165) is 15.6 Å². The van der Waals surface area contributed by atoms with E-state index in [0.29, 0.717) is 0 Å². The fraction of sp³-hybridized carbons (Fsp3) is 0.235. The van der Waals surface area contributed by atoms with Crippen LogP contribution in [0.15, 0.2) is 59.1 Å². The van der Waals surface area contributed by atoms with Crippen LogP contribution in [0.1, 0.15) is 23.1 Å². The molecule has 1 heterocycles. The molecule has 1 aliphatic heterocycles. The molecular formula is C17H17BrN2O. The minimum Gasteiger partial charge on any atom is -0.304 e. The predicted molar refractivity (Wildman–Crippen MR) is 87.1 cm³/mol. The molecule has 1 saturated heterocycles. The number of nitrogens with one attached hydrogen (secondary N) is 2. The molecule has 1 aliphatic rings. The number of likely N-dealkylation sites (N-methyl/N-ethyl adjacent to an activating group) is 1. The molecule has 2 N–H and O–H groups in total. The predicted octanol–water partition coefficient (Wildman–Crippen LogP) is 2.99. The van der Waals surface area contributed by atoms with Crippen molar-refractivity contribution in [2.75, 3.05) is 7.05 Å². The topological polar surface area (TPSA) is 41.1 Å². The molecule has 108 valence electrons. The van der Waals surface area contributed by atoms with Crippen molar-refractivity contribution in [1.29, 1.82) is 0 Å². The molecule has 0 aliphatic carbocycles. The number of carbonyl (C=O) groups is 1. The smallest absolute Gasteiger partial charge is 0.164 e. The Morgan fingerprint density at radius 3 is 2.43 bits per heavy atom. The maximum Gasteiger partial charge on any atom is 0.164 e. The molecule has 0 bridgehead atoms. The Balaban J connectivity index is 1.96. The van der Waals surface area contributed by atoms with Crippen LogP contribution in [-0.4, -0.2) is 19.0 Å². The minimum absolute atomic E-state index is 0.0583. The highest BCUT2D eigenvalue weighted by atomic mass is 79.9. The molecule has 0 amide bonds. The van der Waals surface area contributed by atoms with E-state index in [9.17, 15) is 4.79 Å². The van der Waals surface area contributed by atoms with Gasteiger partial charge in [0.25, 0.3) is 0 Å². The van der Waals surface area contributed by atoms with Crippen molar-refractivity contribution < 1.29 is 4.79 Å². The van der Waals surface area contributed by atoms with Gasteiger partial charge in [-0.15, -0.1) is 0 Å². The SMILES string of the molecule is CNC1NC(c2ccccc2)C(=O)C1c1cccc(Br)c1. The van der Waals surface area contributed by atoms with Crippen LogP contribution in [0.4, 0.5) is 0 Å². The summed E-state index contributed by atoms with van der Waals surface area (Å²) in [5, 5.41) is 6.61. The Kier molecular flexibility index (Phi) is 4.19. The summed E-state index contributed by atoms with van der Waals surface area (Å²) in [6.07, 6.45) is -0.0583. The summed E-state index contributed by atoms with van der Waals surface area (Å²) < 4.78 is 0.991. The number of Topliss-reactive ketones (excluding diaryl/α,β-unsaturated/α-hetero) is 1. The molecule has 0 radical (unpaired) electrons. The summed E-state index contributed by atoms with van der Waals surface area (Å²) >= 11 is 3.48. The molecule has 0 aromatic heterocycles. The number of halogens is 1. The van der Waals surface area contributed by atoms with Crippen LogP contribution in [0.2, 0.25) is 0 Å². The van der Waals surface area contributed by atoms with Gasteiger partial charge in [0.2, 0.25) is 0 Å². The second-order valence-corrected chi connectivity index (χ2v) is 6.13. The lowest BCUT2D eigenvalue weighted by Crippen LogP contribution is -2.39. The summed E-state index contributed by atoms with van der Waals surface area (Å²) in [7, 11) is 1.88. The van der Waals surface area contributed by atoms with E-state index >= 15 is 0 Å². The van der Waals surface area contributed by atoms with E-state index in [2.05, 4.69) is 26.6 Å². The molecular weight excluding hydrogens is 328 g/mol. The summed E-state index contributed by atoms with van der Waals surface area (Å²) in [5.74, 6) is 0.0244. The standard InChI is InChI=1S/C17H17BrN2O/c1-19-17-14(12-8-5-9-13(18)10-12)16(21)15(20-17)11-6-3-2-4-7-11/h2-10,14-15,17,19-20H,1H3. The third-order valence-corrected chi connectivity index (χ3v) is 4.42. The Morgan fingerprint density at radius 1 is 1.05 bits per heavy atom. The molecule has 2 aromatic rings. The van der Waals surface area contributed by atoms with Crippen molar-refractivity contribution in [1.82, 2.24) is 10.6 Å². The molecule has 0 spiro atoms. The highest BCUT2D eigenvalue weighted by Gasteiger charge is 2.42. The van der Waals surface area contributed by atoms with Crippen molar-refractivity contribution in [3.8, 4) is 0 Å². The lowest BCUT2D eigenvalue weighted by Gasteiger charge is -2.17. The Morgan fingerprint density at radius 2 is 1.76 bits per heavy atom. The first-order valence-corrected chi connectivity index (χ1v) is 7.77. The molecule has 3 rings (SSSR count). The van der Waals surface area contributed by atoms with E-state index in [-0.39, 0.29) is 23.9 Å².